The molecule has 1 atom stereocenters. The second-order valence-corrected chi connectivity index (χ2v) is 3.05. The lowest BCUT2D eigenvalue weighted by atomic mass is 10.2. The molecule has 72 valence electrons. The van der Waals surface area contributed by atoms with Crippen molar-refractivity contribution in [2.24, 2.45) is 0 Å². The van der Waals surface area contributed by atoms with Gasteiger partial charge < -0.3 is 10.4 Å². The van der Waals surface area contributed by atoms with Gasteiger partial charge in [0.15, 0.2) is 0 Å². The molecular weight excluding hydrogens is 190 g/mol. The molecule has 0 spiro atoms. The number of aromatic nitrogens is 2. The second-order valence-electron chi connectivity index (χ2n) is 2.66. The molecule has 1 heterocycles. The molecule has 0 aromatic carbocycles. The number of nitrogens with one attached hydrogen (secondary N) is 1. The molecule has 0 aliphatic rings. The first-order chi connectivity index (χ1) is 6.26. The Morgan fingerprint density at radius 3 is 2.92 bits per heavy atom. The van der Waals surface area contributed by atoms with Crippen molar-refractivity contribution in [2.45, 2.75) is 19.4 Å². The highest BCUT2D eigenvalue weighted by Gasteiger charge is 2.04. The van der Waals surface area contributed by atoms with Gasteiger partial charge in [-0.3, -0.25) is 0 Å². The highest BCUT2D eigenvalue weighted by molar-refractivity contribution is 6.29. The molecule has 0 radical (unpaired) electrons. The van der Waals surface area contributed by atoms with Crippen molar-refractivity contribution in [2.75, 3.05) is 11.9 Å². The third-order valence-electron chi connectivity index (χ3n) is 1.70. The molecule has 0 amide bonds. The summed E-state index contributed by atoms with van der Waals surface area (Å²) in [7, 11) is 0. The van der Waals surface area contributed by atoms with E-state index in [0.717, 1.165) is 6.42 Å². The molecule has 0 fully saturated rings. The van der Waals surface area contributed by atoms with Crippen LogP contribution in [0.3, 0.4) is 0 Å². The maximum Gasteiger partial charge on any atom is 0.134 e. The van der Waals surface area contributed by atoms with Crippen LogP contribution in [-0.4, -0.2) is 27.7 Å². The third-order valence-corrected chi connectivity index (χ3v) is 1.91. The number of aliphatic hydroxyl groups is 1. The zero-order valence-electron chi connectivity index (χ0n) is 7.37. The van der Waals surface area contributed by atoms with E-state index in [0.29, 0.717) is 11.0 Å². The molecular formula is C8H12ClN3O. The van der Waals surface area contributed by atoms with Gasteiger partial charge >= 0.3 is 0 Å². The Morgan fingerprint density at radius 1 is 1.62 bits per heavy atom. The van der Waals surface area contributed by atoms with Crippen LogP contribution in [-0.2, 0) is 0 Å². The number of nitrogens with zero attached hydrogens (tertiary/aromatic N) is 2. The Labute approximate surface area is 82.0 Å². The van der Waals surface area contributed by atoms with Crippen LogP contribution in [0.25, 0.3) is 0 Å². The first kappa shape index (κ1) is 10.2. The number of anilines is 1. The summed E-state index contributed by atoms with van der Waals surface area (Å²) in [6.45, 7) is 2.06. The summed E-state index contributed by atoms with van der Waals surface area (Å²) >= 11 is 5.66. The van der Waals surface area contributed by atoms with Gasteiger partial charge in [0, 0.05) is 6.07 Å². The smallest absolute Gasteiger partial charge is 0.134 e. The van der Waals surface area contributed by atoms with Crippen LogP contribution in [0.2, 0.25) is 5.15 Å². The Hall–Kier alpha value is -0.870. The average Bonchev–Trinajstić information content (AvgIpc) is 2.14. The maximum atomic E-state index is 8.92. The van der Waals surface area contributed by atoms with E-state index in [9.17, 15) is 0 Å². The summed E-state index contributed by atoms with van der Waals surface area (Å²) in [5.41, 5.74) is 0. The molecule has 1 rings (SSSR count). The SMILES string of the molecule is CC[C@H](CO)Nc1cc(Cl)ncn1. The first-order valence-corrected chi connectivity index (χ1v) is 4.49. The molecule has 1 aromatic heterocycles. The lowest BCUT2D eigenvalue weighted by molar-refractivity contribution is 0.271. The van der Waals surface area contributed by atoms with Crippen LogP contribution in [0.5, 0.6) is 0 Å². The number of aliphatic hydroxyl groups excluding tert-OH is 1. The van der Waals surface area contributed by atoms with Gasteiger partial charge in [-0.2, -0.15) is 0 Å². The topological polar surface area (TPSA) is 58.0 Å². The molecule has 0 bridgehead atoms. The van der Waals surface area contributed by atoms with Gasteiger partial charge in [0.05, 0.1) is 12.6 Å². The normalized spacial score (nSPS) is 12.5. The predicted octanol–water partition coefficient (Wildman–Crippen LogP) is 1.31. The molecule has 13 heavy (non-hydrogen) atoms. The Morgan fingerprint density at radius 2 is 2.38 bits per heavy atom. The molecule has 0 saturated heterocycles. The van der Waals surface area contributed by atoms with Crippen LogP contribution < -0.4 is 5.32 Å². The average molecular weight is 202 g/mol. The highest BCUT2D eigenvalue weighted by Crippen LogP contribution is 2.10. The lowest BCUT2D eigenvalue weighted by Crippen LogP contribution is -2.23. The monoisotopic (exact) mass is 201 g/mol. The molecule has 0 unspecified atom stereocenters. The lowest BCUT2D eigenvalue weighted by Gasteiger charge is -2.13. The fraction of sp³-hybridized carbons (Fsp3) is 0.500. The van der Waals surface area contributed by atoms with Crippen molar-refractivity contribution in [1.29, 1.82) is 0 Å². The number of rotatable bonds is 4. The Kier molecular flexibility index (Phi) is 3.92. The van der Waals surface area contributed by atoms with E-state index >= 15 is 0 Å². The molecule has 2 N–H and O–H groups in total. The minimum Gasteiger partial charge on any atom is -0.394 e. The van der Waals surface area contributed by atoms with Crippen LogP contribution in [0, 0.1) is 0 Å². The van der Waals surface area contributed by atoms with Crippen molar-refractivity contribution in [3.8, 4) is 0 Å². The third kappa shape index (κ3) is 3.16. The van der Waals surface area contributed by atoms with Crippen molar-refractivity contribution in [3.63, 3.8) is 0 Å². The van der Waals surface area contributed by atoms with Crippen molar-refractivity contribution >= 4 is 17.4 Å². The molecule has 0 saturated carbocycles. The van der Waals surface area contributed by atoms with Gasteiger partial charge in [-0.05, 0) is 6.42 Å². The molecule has 0 aliphatic carbocycles. The minimum absolute atomic E-state index is 0.0194. The Balaban J connectivity index is 2.62. The van der Waals surface area contributed by atoms with Gasteiger partial charge in [0.25, 0.3) is 0 Å². The summed E-state index contributed by atoms with van der Waals surface area (Å²) in [5, 5.41) is 12.3. The van der Waals surface area contributed by atoms with Gasteiger partial charge in [0.1, 0.15) is 17.3 Å². The van der Waals surface area contributed by atoms with Gasteiger partial charge in [-0.1, -0.05) is 18.5 Å². The van der Waals surface area contributed by atoms with Gasteiger partial charge in [-0.15, -0.1) is 0 Å². The fourth-order valence-electron chi connectivity index (χ4n) is 0.898. The van der Waals surface area contributed by atoms with Gasteiger partial charge in [-0.25, -0.2) is 9.97 Å². The van der Waals surface area contributed by atoms with E-state index in [2.05, 4.69) is 15.3 Å². The van der Waals surface area contributed by atoms with Crippen molar-refractivity contribution < 1.29 is 5.11 Å². The summed E-state index contributed by atoms with van der Waals surface area (Å²) in [6.07, 6.45) is 2.22. The van der Waals surface area contributed by atoms with Crippen LogP contribution in [0.1, 0.15) is 13.3 Å². The summed E-state index contributed by atoms with van der Waals surface area (Å²) in [5.74, 6) is 0.640. The summed E-state index contributed by atoms with van der Waals surface area (Å²) in [4.78, 5) is 7.71. The van der Waals surface area contributed by atoms with E-state index in [1.165, 1.54) is 6.33 Å². The van der Waals surface area contributed by atoms with Crippen LogP contribution >= 0.6 is 11.6 Å². The van der Waals surface area contributed by atoms with Crippen molar-refractivity contribution in [1.82, 2.24) is 9.97 Å². The quantitative estimate of drug-likeness (QED) is 0.722. The number of hydrogen-bond donors (Lipinski definition) is 2. The van der Waals surface area contributed by atoms with E-state index in [-0.39, 0.29) is 12.6 Å². The van der Waals surface area contributed by atoms with E-state index in [1.807, 2.05) is 6.92 Å². The number of hydrogen-bond acceptors (Lipinski definition) is 4. The molecule has 5 heteroatoms. The number of halogens is 1. The van der Waals surface area contributed by atoms with Gasteiger partial charge in [0.2, 0.25) is 0 Å². The largest absolute Gasteiger partial charge is 0.394 e. The standard InChI is InChI=1S/C8H12ClN3O/c1-2-6(4-13)12-8-3-7(9)10-5-11-8/h3,5-6,13H,2,4H2,1H3,(H,10,11,12)/t6-/m1/s1. The summed E-state index contributed by atoms with van der Waals surface area (Å²) in [6, 6.07) is 1.64. The van der Waals surface area contributed by atoms with E-state index < -0.39 is 0 Å². The van der Waals surface area contributed by atoms with Crippen LogP contribution in [0.4, 0.5) is 5.82 Å². The summed E-state index contributed by atoms with van der Waals surface area (Å²) < 4.78 is 0. The van der Waals surface area contributed by atoms with Crippen LogP contribution in [0.15, 0.2) is 12.4 Å². The fourth-order valence-corrected chi connectivity index (χ4v) is 1.05. The first-order valence-electron chi connectivity index (χ1n) is 4.11. The maximum absolute atomic E-state index is 8.92. The molecule has 0 aliphatic heterocycles. The predicted molar refractivity (Wildman–Crippen MR) is 51.8 cm³/mol. The molecule has 4 nitrogen and oxygen atoms in total. The zero-order valence-corrected chi connectivity index (χ0v) is 8.12. The zero-order chi connectivity index (χ0) is 9.68. The van der Waals surface area contributed by atoms with Crippen molar-refractivity contribution in [3.05, 3.63) is 17.5 Å². The Bertz CT molecular complexity index is 265. The highest BCUT2D eigenvalue weighted by atomic mass is 35.5. The minimum atomic E-state index is 0.0194. The molecule has 1 aromatic rings. The van der Waals surface area contributed by atoms with E-state index in [4.69, 9.17) is 16.7 Å². The second kappa shape index (κ2) is 4.99. The van der Waals surface area contributed by atoms with E-state index in [1.54, 1.807) is 6.07 Å².